The van der Waals surface area contributed by atoms with Gasteiger partial charge in [0.25, 0.3) is 5.91 Å². The van der Waals surface area contributed by atoms with Crippen LogP contribution in [0.3, 0.4) is 0 Å². The molecular formula is C25H27N5O3S2. The van der Waals surface area contributed by atoms with Crippen LogP contribution in [-0.2, 0) is 4.79 Å². The van der Waals surface area contributed by atoms with Gasteiger partial charge in [0.15, 0.2) is 5.13 Å². The van der Waals surface area contributed by atoms with Gasteiger partial charge < -0.3 is 19.9 Å². The second-order valence-electron chi connectivity index (χ2n) is 8.09. The molecule has 4 rings (SSSR count). The summed E-state index contributed by atoms with van der Waals surface area (Å²) in [5.41, 5.74) is 1.50. The molecule has 10 heteroatoms. The molecule has 0 bridgehead atoms. The Hall–Kier alpha value is -3.37. The predicted octanol–water partition coefficient (Wildman–Crippen LogP) is 4.61. The minimum absolute atomic E-state index is 0.0600. The molecule has 1 N–H and O–H groups in total. The van der Waals surface area contributed by atoms with Gasteiger partial charge in [0, 0.05) is 31.2 Å². The number of aryl methyl sites for hydroxylation is 1. The van der Waals surface area contributed by atoms with E-state index in [2.05, 4.69) is 21.9 Å². The van der Waals surface area contributed by atoms with Crippen LogP contribution in [-0.4, -0.2) is 64.9 Å². The molecule has 0 spiro atoms. The number of nitrogens with one attached hydrogen (secondary N) is 1. The number of rotatable bonds is 8. The molecule has 1 aliphatic heterocycles. The number of carbonyl (C=O) groups excluding carboxylic acids is 2. The van der Waals surface area contributed by atoms with E-state index in [-0.39, 0.29) is 17.9 Å². The fourth-order valence-electron chi connectivity index (χ4n) is 3.87. The van der Waals surface area contributed by atoms with Gasteiger partial charge in [0.05, 0.1) is 29.1 Å². The number of aromatic nitrogens is 2. The first-order valence-corrected chi connectivity index (χ1v) is 12.7. The number of methoxy groups -OCH3 is 1. The molecule has 1 saturated heterocycles. The fourth-order valence-corrected chi connectivity index (χ4v) is 5.82. The highest BCUT2D eigenvalue weighted by molar-refractivity contribution is 8.01. The van der Waals surface area contributed by atoms with Crippen molar-refractivity contribution in [2.24, 2.45) is 0 Å². The fraction of sp³-hybridized carbons (Fsp3) is 0.280. The third-order valence-electron chi connectivity index (χ3n) is 5.84. The van der Waals surface area contributed by atoms with E-state index in [1.165, 1.54) is 17.4 Å². The highest BCUT2D eigenvalue weighted by Crippen LogP contribution is 2.39. The number of ether oxygens (including phenoxy) is 1. The Labute approximate surface area is 213 Å². The summed E-state index contributed by atoms with van der Waals surface area (Å²) in [6.45, 7) is 6.65. The Balaban J connectivity index is 1.51. The lowest BCUT2D eigenvalue weighted by atomic mass is 10.1. The maximum absolute atomic E-state index is 13.5. The molecule has 2 aromatic heterocycles. The van der Waals surface area contributed by atoms with Crippen molar-refractivity contribution in [3.63, 3.8) is 0 Å². The summed E-state index contributed by atoms with van der Waals surface area (Å²) in [6, 6.07) is 9.36. The largest absolute Gasteiger partial charge is 0.496 e. The molecule has 0 saturated carbocycles. The van der Waals surface area contributed by atoms with Gasteiger partial charge in [-0.3, -0.25) is 9.59 Å². The number of pyridine rings is 1. The van der Waals surface area contributed by atoms with Gasteiger partial charge in [-0.15, -0.1) is 0 Å². The number of benzene rings is 1. The Morgan fingerprint density at radius 3 is 2.89 bits per heavy atom. The van der Waals surface area contributed by atoms with E-state index in [0.29, 0.717) is 24.4 Å². The van der Waals surface area contributed by atoms with Gasteiger partial charge in [0.1, 0.15) is 11.6 Å². The van der Waals surface area contributed by atoms with E-state index < -0.39 is 0 Å². The number of hydrogen-bond donors (Lipinski definition) is 1. The van der Waals surface area contributed by atoms with E-state index in [4.69, 9.17) is 4.74 Å². The number of likely N-dealkylation sites (tertiary alicyclic amines) is 1. The van der Waals surface area contributed by atoms with Crippen LogP contribution in [0, 0.1) is 6.92 Å². The van der Waals surface area contributed by atoms with E-state index in [1.807, 2.05) is 43.5 Å². The number of likely N-dealkylation sites (N-methyl/N-ethyl adjacent to an activating group) is 1. The molecule has 8 nitrogen and oxygen atoms in total. The van der Waals surface area contributed by atoms with Crippen LogP contribution in [0.4, 0.5) is 10.9 Å². The van der Waals surface area contributed by atoms with E-state index >= 15 is 0 Å². The summed E-state index contributed by atoms with van der Waals surface area (Å²) in [4.78, 5) is 38.5. The first kappa shape index (κ1) is 24.7. The van der Waals surface area contributed by atoms with Crippen LogP contribution in [0.2, 0.25) is 0 Å². The molecule has 0 aliphatic carbocycles. The van der Waals surface area contributed by atoms with Gasteiger partial charge in [-0.1, -0.05) is 35.7 Å². The molecule has 3 heterocycles. The standard InChI is InChI=1S/C25H27N5O3S2/c1-5-22(31)30-11-9-17(15-30)29(3)24(32)18-13-20(16(2)12-19(18)33-4)34-23-14-27-25(35-23)28-21-8-6-7-10-26-21/h5-8,10,12-14,17H,1,9,11,15H2,2-4H3,(H,26,27,28). The maximum Gasteiger partial charge on any atom is 0.257 e. The molecule has 2 amide bonds. The summed E-state index contributed by atoms with van der Waals surface area (Å²) in [5.74, 6) is 1.02. The summed E-state index contributed by atoms with van der Waals surface area (Å²) >= 11 is 3.07. The van der Waals surface area contributed by atoms with Crippen LogP contribution >= 0.6 is 23.1 Å². The molecule has 3 aromatic rings. The molecule has 182 valence electrons. The smallest absolute Gasteiger partial charge is 0.257 e. The lowest BCUT2D eigenvalue weighted by Gasteiger charge is -2.26. The monoisotopic (exact) mass is 509 g/mol. The van der Waals surface area contributed by atoms with Crippen molar-refractivity contribution in [1.82, 2.24) is 19.8 Å². The second-order valence-corrected chi connectivity index (χ2v) is 10.5. The predicted molar refractivity (Wildman–Crippen MR) is 139 cm³/mol. The molecule has 1 unspecified atom stereocenters. The van der Waals surface area contributed by atoms with Crippen LogP contribution in [0.25, 0.3) is 0 Å². The highest BCUT2D eigenvalue weighted by atomic mass is 32.2. The van der Waals surface area contributed by atoms with E-state index in [9.17, 15) is 9.59 Å². The molecule has 35 heavy (non-hydrogen) atoms. The Kier molecular flexibility index (Phi) is 7.72. The summed E-state index contributed by atoms with van der Waals surface area (Å²) in [6.07, 6.45) is 5.57. The zero-order valence-corrected chi connectivity index (χ0v) is 21.5. The highest BCUT2D eigenvalue weighted by Gasteiger charge is 2.31. The number of amides is 2. The normalized spacial score (nSPS) is 15.1. The maximum atomic E-state index is 13.5. The van der Waals surface area contributed by atoms with E-state index in [0.717, 1.165) is 32.0 Å². The number of nitrogens with zero attached hydrogens (tertiary/aromatic N) is 4. The molecule has 1 aromatic carbocycles. The molecule has 1 aliphatic rings. The van der Waals surface area contributed by atoms with Crippen molar-refractivity contribution in [2.45, 2.75) is 28.5 Å². The van der Waals surface area contributed by atoms with Crippen molar-refractivity contribution in [3.05, 3.63) is 66.5 Å². The van der Waals surface area contributed by atoms with Crippen LogP contribution in [0.5, 0.6) is 5.75 Å². The zero-order valence-electron chi connectivity index (χ0n) is 19.9. The molecule has 1 fully saturated rings. The Bertz CT molecular complexity index is 1230. The number of carbonyl (C=O) groups is 2. The molecular weight excluding hydrogens is 482 g/mol. The van der Waals surface area contributed by atoms with Crippen LogP contribution in [0.15, 0.2) is 64.5 Å². The average molecular weight is 510 g/mol. The second kappa shape index (κ2) is 10.9. The zero-order chi connectivity index (χ0) is 24.9. The van der Waals surface area contributed by atoms with Crippen molar-refractivity contribution in [2.75, 3.05) is 32.6 Å². The molecule has 0 radical (unpaired) electrons. The van der Waals surface area contributed by atoms with Crippen molar-refractivity contribution < 1.29 is 14.3 Å². The van der Waals surface area contributed by atoms with Crippen molar-refractivity contribution in [1.29, 1.82) is 0 Å². The summed E-state index contributed by atoms with van der Waals surface area (Å²) in [7, 11) is 3.34. The minimum atomic E-state index is -0.136. The number of thiazole rings is 1. The number of anilines is 2. The van der Waals surface area contributed by atoms with Gasteiger partial charge in [-0.25, -0.2) is 9.97 Å². The third kappa shape index (κ3) is 5.66. The SMILES string of the molecule is C=CC(=O)N1CCC(N(C)C(=O)c2cc(Sc3cnc(Nc4ccccn4)s3)c(C)cc2OC)C1. The average Bonchev–Trinajstić information content (AvgIpc) is 3.54. The van der Waals surface area contributed by atoms with Gasteiger partial charge in [0.2, 0.25) is 5.91 Å². The van der Waals surface area contributed by atoms with Crippen LogP contribution in [0.1, 0.15) is 22.3 Å². The Morgan fingerprint density at radius 2 is 2.17 bits per heavy atom. The van der Waals surface area contributed by atoms with Gasteiger partial charge >= 0.3 is 0 Å². The minimum Gasteiger partial charge on any atom is -0.496 e. The third-order valence-corrected chi connectivity index (χ3v) is 8.01. The first-order chi connectivity index (χ1) is 16.9. The van der Waals surface area contributed by atoms with Crippen LogP contribution < -0.4 is 10.1 Å². The molecule has 1 atom stereocenters. The summed E-state index contributed by atoms with van der Waals surface area (Å²) in [5, 5.41) is 3.95. The number of hydrogen-bond acceptors (Lipinski definition) is 8. The lowest BCUT2D eigenvalue weighted by Crippen LogP contribution is -2.40. The summed E-state index contributed by atoms with van der Waals surface area (Å²) < 4.78 is 6.54. The van der Waals surface area contributed by atoms with Gasteiger partial charge in [-0.05, 0) is 49.2 Å². The topological polar surface area (TPSA) is 87.7 Å². The van der Waals surface area contributed by atoms with Crippen molar-refractivity contribution in [3.8, 4) is 5.75 Å². The lowest BCUT2D eigenvalue weighted by molar-refractivity contribution is -0.125. The van der Waals surface area contributed by atoms with Crippen molar-refractivity contribution >= 4 is 45.9 Å². The quantitative estimate of drug-likeness (QED) is 0.444. The van der Waals surface area contributed by atoms with Gasteiger partial charge in [-0.2, -0.15) is 0 Å². The first-order valence-electron chi connectivity index (χ1n) is 11.1. The van der Waals surface area contributed by atoms with E-state index in [1.54, 1.807) is 41.9 Å². The Morgan fingerprint density at radius 1 is 1.34 bits per heavy atom.